The zero-order valence-electron chi connectivity index (χ0n) is 13.2. The summed E-state index contributed by atoms with van der Waals surface area (Å²) in [6, 6.07) is 4.93. The number of hydrogen-bond donors (Lipinski definition) is 1. The molecule has 0 aliphatic carbocycles. The second kappa shape index (κ2) is 9.06. The van der Waals surface area contributed by atoms with Gasteiger partial charge >= 0.3 is 0 Å². The van der Waals surface area contributed by atoms with Gasteiger partial charge in [0.25, 0.3) is 0 Å². The van der Waals surface area contributed by atoms with Crippen LogP contribution in [0.5, 0.6) is 0 Å². The molecule has 0 spiro atoms. The topological polar surface area (TPSA) is 51.4 Å². The lowest BCUT2D eigenvalue weighted by Crippen LogP contribution is -2.46. The third-order valence-electron chi connectivity index (χ3n) is 3.87. The van der Waals surface area contributed by atoms with Gasteiger partial charge in [-0.3, -0.25) is 9.88 Å². The van der Waals surface area contributed by atoms with Crippen LogP contribution in [0, 0.1) is 0 Å². The highest BCUT2D eigenvalue weighted by atomic mass is 16.5. The van der Waals surface area contributed by atoms with E-state index in [-0.39, 0.29) is 12.1 Å². The Kier molecular flexibility index (Phi) is 7.73. The predicted octanol–water partition coefficient (Wildman–Crippen LogP) is 2.61. The molecule has 0 bridgehead atoms. The summed E-state index contributed by atoms with van der Waals surface area (Å²) in [5.41, 5.74) is 7.52. The molecular weight excluding hydrogens is 250 g/mol. The zero-order valence-corrected chi connectivity index (χ0v) is 13.2. The first-order valence-corrected chi connectivity index (χ1v) is 7.55. The number of ether oxygens (including phenoxy) is 1. The molecule has 20 heavy (non-hydrogen) atoms. The van der Waals surface area contributed by atoms with Gasteiger partial charge in [-0.25, -0.2) is 0 Å². The third kappa shape index (κ3) is 4.54. The van der Waals surface area contributed by atoms with E-state index in [2.05, 4.69) is 42.8 Å². The Morgan fingerprint density at radius 1 is 1.25 bits per heavy atom. The van der Waals surface area contributed by atoms with Gasteiger partial charge in [-0.05, 0) is 37.5 Å². The third-order valence-corrected chi connectivity index (χ3v) is 3.87. The van der Waals surface area contributed by atoms with Crippen LogP contribution in [-0.4, -0.2) is 42.2 Å². The van der Waals surface area contributed by atoms with Crippen molar-refractivity contribution < 1.29 is 4.74 Å². The van der Waals surface area contributed by atoms with E-state index in [4.69, 9.17) is 10.5 Å². The largest absolute Gasteiger partial charge is 0.383 e. The number of aromatic nitrogens is 1. The Morgan fingerprint density at radius 3 is 2.30 bits per heavy atom. The fourth-order valence-corrected chi connectivity index (χ4v) is 2.86. The molecule has 2 N–H and O–H groups in total. The Balaban J connectivity index is 3.04. The molecule has 0 saturated carbocycles. The number of nitrogens with two attached hydrogens (primary N) is 1. The first-order valence-electron chi connectivity index (χ1n) is 7.55. The SMILES string of the molecule is CCC(CC)N(CCOC)C(c1ccncc1)C(C)N. The van der Waals surface area contributed by atoms with E-state index < -0.39 is 0 Å². The lowest BCUT2D eigenvalue weighted by atomic mass is 9.96. The molecule has 0 aliphatic heterocycles. The van der Waals surface area contributed by atoms with Gasteiger partial charge in [-0.15, -0.1) is 0 Å². The summed E-state index contributed by atoms with van der Waals surface area (Å²) in [7, 11) is 1.75. The maximum Gasteiger partial charge on any atom is 0.0590 e. The average molecular weight is 279 g/mol. The summed E-state index contributed by atoms with van der Waals surface area (Å²) in [6.07, 6.45) is 5.92. The monoisotopic (exact) mass is 279 g/mol. The van der Waals surface area contributed by atoms with Crippen LogP contribution in [0.2, 0.25) is 0 Å². The van der Waals surface area contributed by atoms with Crippen LogP contribution in [0.4, 0.5) is 0 Å². The number of methoxy groups -OCH3 is 1. The summed E-state index contributed by atoms with van der Waals surface area (Å²) in [5.74, 6) is 0. The van der Waals surface area contributed by atoms with Crippen molar-refractivity contribution in [2.75, 3.05) is 20.3 Å². The molecule has 0 radical (unpaired) electrons. The van der Waals surface area contributed by atoms with E-state index in [9.17, 15) is 0 Å². The number of nitrogens with zero attached hydrogens (tertiary/aromatic N) is 2. The van der Waals surface area contributed by atoms with E-state index in [1.165, 1.54) is 5.56 Å². The zero-order chi connectivity index (χ0) is 15.0. The smallest absolute Gasteiger partial charge is 0.0590 e. The molecule has 0 amide bonds. The van der Waals surface area contributed by atoms with Crippen LogP contribution < -0.4 is 5.73 Å². The molecule has 0 aliphatic rings. The summed E-state index contributed by atoms with van der Waals surface area (Å²) < 4.78 is 5.28. The van der Waals surface area contributed by atoms with Crippen LogP contribution in [0.3, 0.4) is 0 Å². The Hall–Kier alpha value is -0.970. The first-order chi connectivity index (χ1) is 9.65. The fourth-order valence-electron chi connectivity index (χ4n) is 2.86. The maximum absolute atomic E-state index is 6.29. The molecule has 114 valence electrons. The molecule has 1 aromatic heterocycles. The maximum atomic E-state index is 6.29. The normalized spacial score (nSPS) is 14.8. The molecule has 1 aromatic rings. The Morgan fingerprint density at radius 2 is 1.85 bits per heavy atom. The van der Waals surface area contributed by atoms with Crippen molar-refractivity contribution in [2.24, 2.45) is 5.73 Å². The highest BCUT2D eigenvalue weighted by molar-refractivity contribution is 5.17. The van der Waals surface area contributed by atoms with Crippen molar-refractivity contribution in [3.63, 3.8) is 0 Å². The highest BCUT2D eigenvalue weighted by Crippen LogP contribution is 2.27. The summed E-state index contributed by atoms with van der Waals surface area (Å²) in [4.78, 5) is 6.60. The minimum Gasteiger partial charge on any atom is -0.383 e. The number of pyridine rings is 1. The van der Waals surface area contributed by atoms with Gasteiger partial charge in [0, 0.05) is 38.1 Å². The van der Waals surface area contributed by atoms with Gasteiger partial charge in [0.15, 0.2) is 0 Å². The van der Waals surface area contributed by atoms with Crippen molar-refractivity contribution in [1.82, 2.24) is 9.88 Å². The summed E-state index contributed by atoms with van der Waals surface area (Å²) >= 11 is 0. The lowest BCUT2D eigenvalue weighted by molar-refractivity contribution is 0.0702. The van der Waals surface area contributed by atoms with Crippen molar-refractivity contribution in [2.45, 2.75) is 51.7 Å². The van der Waals surface area contributed by atoms with Crippen molar-refractivity contribution >= 4 is 0 Å². The molecule has 0 fully saturated rings. The van der Waals surface area contributed by atoms with Gasteiger partial charge in [0.1, 0.15) is 0 Å². The second-order valence-electron chi connectivity index (χ2n) is 5.29. The Bertz CT molecular complexity index is 352. The van der Waals surface area contributed by atoms with Crippen molar-refractivity contribution in [3.05, 3.63) is 30.1 Å². The lowest BCUT2D eigenvalue weighted by Gasteiger charge is -2.39. The molecule has 0 aromatic carbocycles. The van der Waals surface area contributed by atoms with E-state index in [1.807, 2.05) is 12.4 Å². The van der Waals surface area contributed by atoms with Crippen molar-refractivity contribution in [1.29, 1.82) is 0 Å². The average Bonchev–Trinajstić information content (AvgIpc) is 2.46. The molecule has 0 saturated heterocycles. The summed E-state index contributed by atoms with van der Waals surface area (Å²) in [6.45, 7) is 8.17. The van der Waals surface area contributed by atoms with Crippen LogP contribution in [0.1, 0.15) is 45.2 Å². The number of rotatable bonds is 9. The van der Waals surface area contributed by atoms with Gasteiger partial charge in [-0.2, -0.15) is 0 Å². The van der Waals surface area contributed by atoms with E-state index in [0.29, 0.717) is 6.04 Å². The minimum atomic E-state index is 0.0647. The highest BCUT2D eigenvalue weighted by Gasteiger charge is 2.28. The van der Waals surface area contributed by atoms with E-state index >= 15 is 0 Å². The quantitative estimate of drug-likeness (QED) is 0.755. The summed E-state index contributed by atoms with van der Waals surface area (Å²) in [5, 5.41) is 0. The van der Waals surface area contributed by atoms with Crippen molar-refractivity contribution in [3.8, 4) is 0 Å². The molecule has 4 heteroatoms. The van der Waals surface area contributed by atoms with Crippen LogP contribution in [0.25, 0.3) is 0 Å². The molecule has 1 rings (SSSR count). The molecule has 1 heterocycles. The van der Waals surface area contributed by atoms with Crippen LogP contribution in [0.15, 0.2) is 24.5 Å². The molecule has 4 nitrogen and oxygen atoms in total. The van der Waals surface area contributed by atoms with Crippen LogP contribution >= 0.6 is 0 Å². The van der Waals surface area contributed by atoms with Gasteiger partial charge in [0.05, 0.1) is 12.6 Å². The first kappa shape index (κ1) is 17.1. The van der Waals surface area contributed by atoms with Gasteiger partial charge in [0.2, 0.25) is 0 Å². The Labute approximate surface area is 123 Å². The standard InChI is InChI=1S/C16H29N3O/c1-5-15(6-2)19(11-12-20-4)16(13(3)17)14-7-9-18-10-8-14/h7-10,13,15-16H,5-6,11-12,17H2,1-4H3. The molecule has 2 atom stereocenters. The van der Waals surface area contributed by atoms with Gasteiger partial charge in [-0.1, -0.05) is 13.8 Å². The van der Waals surface area contributed by atoms with E-state index in [1.54, 1.807) is 7.11 Å². The van der Waals surface area contributed by atoms with Crippen LogP contribution in [-0.2, 0) is 4.74 Å². The van der Waals surface area contributed by atoms with Gasteiger partial charge < -0.3 is 10.5 Å². The minimum absolute atomic E-state index is 0.0647. The molecule has 2 unspecified atom stereocenters. The predicted molar refractivity (Wildman–Crippen MR) is 83.6 cm³/mol. The number of hydrogen-bond acceptors (Lipinski definition) is 4. The molecular formula is C16H29N3O. The fraction of sp³-hybridized carbons (Fsp3) is 0.688. The van der Waals surface area contributed by atoms with E-state index in [0.717, 1.165) is 26.0 Å². The second-order valence-corrected chi connectivity index (χ2v) is 5.29.